The van der Waals surface area contributed by atoms with Gasteiger partial charge in [-0.2, -0.15) is 0 Å². The fourth-order valence-corrected chi connectivity index (χ4v) is 1.65. The van der Waals surface area contributed by atoms with Crippen LogP contribution in [0.2, 0.25) is 0 Å². The van der Waals surface area contributed by atoms with Gasteiger partial charge in [0.2, 0.25) is 0 Å². The van der Waals surface area contributed by atoms with Crippen LogP contribution in [0.15, 0.2) is 30.5 Å². The second-order valence-electron chi connectivity index (χ2n) is 4.16. The predicted molar refractivity (Wildman–Crippen MR) is 68.2 cm³/mol. The molecule has 1 aromatic carbocycles. The van der Waals surface area contributed by atoms with E-state index < -0.39 is 17.4 Å². The van der Waals surface area contributed by atoms with E-state index >= 15 is 0 Å². The van der Waals surface area contributed by atoms with Crippen LogP contribution in [0.1, 0.15) is 11.3 Å². The smallest absolute Gasteiger partial charge is 0.198 e. The van der Waals surface area contributed by atoms with Crippen LogP contribution < -0.4 is 10.1 Å². The number of aromatic nitrogens is 1. The summed E-state index contributed by atoms with van der Waals surface area (Å²) in [7, 11) is 1.71. The van der Waals surface area contributed by atoms with Gasteiger partial charge >= 0.3 is 0 Å². The Hall–Kier alpha value is -2.01. The van der Waals surface area contributed by atoms with Crippen molar-refractivity contribution in [2.75, 3.05) is 7.05 Å². The summed E-state index contributed by atoms with van der Waals surface area (Å²) < 4.78 is 32.8. The van der Waals surface area contributed by atoms with Crippen molar-refractivity contribution in [1.29, 1.82) is 0 Å². The molecular weight excluding hydrogens is 250 g/mol. The fourth-order valence-electron chi connectivity index (χ4n) is 1.65. The summed E-state index contributed by atoms with van der Waals surface area (Å²) in [4.78, 5) is 4.00. The van der Waals surface area contributed by atoms with Crippen LogP contribution in [-0.4, -0.2) is 12.0 Å². The van der Waals surface area contributed by atoms with Crippen molar-refractivity contribution in [2.24, 2.45) is 0 Å². The third-order valence-corrected chi connectivity index (χ3v) is 2.54. The van der Waals surface area contributed by atoms with Crippen LogP contribution in [0, 0.1) is 18.6 Å². The molecule has 0 unspecified atom stereocenters. The number of benzene rings is 1. The van der Waals surface area contributed by atoms with Crippen molar-refractivity contribution in [1.82, 2.24) is 10.3 Å². The van der Waals surface area contributed by atoms with E-state index in [0.717, 1.165) is 5.69 Å². The lowest BCUT2D eigenvalue weighted by Gasteiger charge is -2.09. The molecule has 5 heteroatoms. The van der Waals surface area contributed by atoms with E-state index in [1.54, 1.807) is 19.2 Å². The molecule has 3 nitrogen and oxygen atoms in total. The third kappa shape index (κ3) is 3.26. The monoisotopic (exact) mass is 264 g/mol. The number of halogens is 2. The van der Waals surface area contributed by atoms with Gasteiger partial charge in [0.25, 0.3) is 0 Å². The van der Waals surface area contributed by atoms with E-state index in [-0.39, 0.29) is 0 Å². The van der Waals surface area contributed by atoms with Crippen LogP contribution in [0.25, 0.3) is 0 Å². The van der Waals surface area contributed by atoms with E-state index in [4.69, 9.17) is 4.74 Å². The first kappa shape index (κ1) is 13.4. The van der Waals surface area contributed by atoms with Crippen molar-refractivity contribution in [2.45, 2.75) is 13.5 Å². The number of hydrogen-bond acceptors (Lipinski definition) is 3. The van der Waals surface area contributed by atoms with Gasteiger partial charge in [-0.15, -0.1) is 0 Å². The molecule has 0 bridgehead atoms. The van der Waals surface area contributed by atoms with Crippen molar-refractivity contribution in [3.8, 4) is 11.5 Å². The van der Waals surface area contributed by atoms with Gasteiger partial charge in [-0.3, -0.25) is 4.98 Å². The largest absolute Gasteiger partial charge is 0.450 e. The first-order chi connectivity index (χ1) is 9.10. The molecular formula is C14H14F2N2O. The van der Waals surface area contributed by atoms with Crippen molar-refractivity contribution >= 4 is 0 Å². The maximum Gasteiger partial charge on any atom is 0.198 e. The number of aryl methyl sites for hydroxylation is 1. The molecule has 0 aliphatic rings. The minimum atomic E-state index is -0.731. The molecule has 1 heterocycles. The van der Waals surface area contributed by atoms with Gasteiger partial charge in [-0.1, -0.05) is 0 Å². The Morgan fingerprint density at radius 3 is 2.42 bits per heavy atom. The van der Waals surface area contributed by atoms with E-state index in [1.807, 2.05) is 6.92 Å². The quantitative estimate of drug-likeness (QED) is 0.921. The molecule has 0 fully saturated rings. The third-order valence-electron chi connectivity index (χ3n) is 2.54. The summed E-state index contributed by atoms with van der Waals surface area (Å²) in [5.74, 6) is -1.58. The van der Waals surface area contributed by atoms with Gasteiger partial charge in [-0.25, -0.2) is 8.78 Å². The number of nitrogens with one attached hydrogen (secondary N) is 1. The Morgan fingerprint density at radius 2 is 1.89 bits per heavy atom. The highest BCUT2D eigenvalue weighted by Crippen LogP contribution is 2.28. The van der Waals surface area contributed by atoms with Crippen LogP contribution in [0.3, 0.4) is 0 Å². The molecule has 0 saturated heterocycles. The summed E-state index contributed by atoms with van der Waals surface area (Å²) in [5, 5.41) is 2.83. The fraction of sp³-hybridized carbons (Fsp3) is 0.214. The normalized spacial score (nSPS) is 10.5. The molecule has 2 aromatic rings. The number of hydrogen-bond donors (Lipinski definition) is 1. The van der Waals surface area contributed by atoms with E-state index in [9.17, 15) is 8.78 Å². The molecule has 0 spiro atoms. The maximum atomic E-state index is 13.8. The van der Waals surface area contributed by atoms with Crippen molar-refractivity contribution in [3.05, 3.63) is 53.4 Å². The lowest BCUT2D eigenvalue weighted by atomic mass is 10.2. The molecule has 0 amide bonds. The second-order valence-corrected chi connectivity index (χ2v) is 4.16. The zero-order chi connectivity index (χ0) is 13.8. The molecule has 2 rings (SSSR count). The number of ether oxygens (including phenoxy) is 1. The molecule has 0 aliphatic carbocycles. The van der Waals surface area contributed by atoms with Gasteiger partial charge in [0.15, 0.2) is 17.4 Å². The number of rotatable bonds is 4. The highest BCUT2D eigenvalue weighted by molar-refractivity contribution is 5.35. The number of pyridine rings is 1. The second kappa shape index (κ2) is 5.75. The molecule has 0 radical (unpaired) electrons. The molecule has 1 aromatic heterocycles. The van der Waals surface area contributed by atoms with Crippen molar-refractivity contribution in [3.63, 3.8) is 0 Å². The lowest BCUT2D eigenvalue weighted by Crippen LogP contribution is -2.06. The van der Waals surface area contributed by atoms with Gasteiger partial charge in [0.1, 0.15) is 5.75 Å². The lowest BCUT2D eigenvalue weighted by molar-refractivity contribution is 0.405. The molecule has 100 valence electrons. The van der Waals surface area contributed by atoms with E-state index in [0.29, 0.717) is 17.9 Å². The molecule has 1 N–H and O–H groups in total. The standard InChI is InChI=1S/C14H14F2N2O/c1-9-3-4-11(8-18-9)19-14-12(15)5-10(7-17-2)6-13(14)16/h3-6,8,17H,7H2,1-2H3. The molecule has 0 saturated carbocycles. The average molecular weight is 264 g/mol. The van der Waals surface area contributed by atoms with Gasteiger partial charge in [-0.05, 0) is 43.8 Å². The Kier molecular flexibility index (Phi) is 4.06. The van der Waals surface area contributed by atoms with Crippen LogP contribution in [-0.2, 0) is 6.54 Å². The van der Waals surface area contributed by atoms with Crippen LogP contribution in [0.4, 0.5) is 8.78 Å². The van der Waals surface area contributed by atoms with Crippen LogP contribution >= 0.6 is 0 Å². The molecule has 19 heavy (non-hydrogen) atoms. The SMILES string of the molecule is CNCc1cc(F)c(Oc2ccc(C)nc2)c(F)c1. The first-order valence-corrected chi connectivity index (χ1v) is 5.83. The highest BCUT2D eigenvalue weighted by atomic mass is 19.1. The van der Waals surface area contributed by atoms with Gasteiger partial charge < -0.3 is 10.1 Å². The summed E-state index contributed by atoms with van der Waals surface area (Å²) in [6.07, 6.45) is 1.43. The zero-order valence-electron chi connectivity index (χ0n) is 10.7. The predicted octanol–water partition coefficient (Wildman–Crippen LogP) is 3.18. The Labute approximate surface area is 110 Å². The van der Waals surface area contributed by atoms with Gasteiger partial charge in [0, 0.05) is 12.2 Å². The summed E-state index contributed by atoms with van der Waals surface area (Å²) in [6, 6.07) is 5.82. The summed E-state index contributed by atoms with van der Waals surface area (Å²) >= 11 is 0. The zero-order valence-corrected chi connectivity index (χ0v) is 10.7. The minimum Gasteiger partial charge on any atom is -0.450 e. The average Bonchev–Trinajstić information content (AvgIpc) is 2.36. The van der Waals surface area contributed by atoms with Crippen molar-refractivity contribution < 1.29 is 13.5 Å². The maximum absolute atomic E-state index is 13.8. The van der Waals surface area contributed by atoms with E-state index in [1.165, 1.54) is 18.3 Å². The highest BCUT2D eigenvalue weighted by Gasteiger charge is 2.13. The Balaban J connectivity index is 2.27. The minimum absolute atomic E-state index is 0.296. The molecule has 0 aliphatic heterocycles. The Morgan fingerprint density at radius 1 is 1.21 bits per heavy atom. The van der Waals surface area contributed by atoms with Gasteiger partial charge in [0.05, 0.1) is 6.20 Å². The first-order valence-electron chi connectivity index (χ1n) is 5.83. The Bertz CT molecular complexity index is 547. The number of nitrogens with zero attached hydrogens (tertiary/aromatic N) is 1. The topological polar surface area (TPSA) is 34.1 Å². The summed E-state index contributed by atoms with van der Waals surface area (Å²) in [6.45, 7) is 2.21. The summed E-state index contributed by atoms with van der Waals surface area (Å²) in [5.41, 5.74) is 1.32. The van der Waals surface area contributed by atoms with Crippen LogP contribution in [0.5, 0.6) is 11.5 Å². The molecule has 0 atom stereocenters. The van der Waals surface area contributed by atoms with E-state index in [2.05, 4.69) is 10.3 Å².